The first kappa shape index (κ1) is 25.9. The Kier molecular flexibility index (Phi) is 8.09. The van der Waals surface area contributed by atoms with Crippen LogP contribution in [0.25, 0.3) is 0 Å². The number of aliphatic carboxylic acids is 1. The Balaban J connectivity index is 1.64. The lowest BCUT2D eigenvalue weighted by atomic mass is 9.86. The summed E-state index contributed by atoms with van der Waals surface area (Å²) in [4.78, 5) is 44.2. The smallest absolute Gasteiger partial charge is 0.305 e. The highest BCUT2D eigenvalue weighted by atomic mass is 35.5. The van der Waals surface area contributed by atoms with Crippen molar-refractivity contribution in [2.24, 2.45) is 4.99 Å². The summed E-state index contributed by atoms with van der Waals surface area (Å²) in [6, 6.07) is 14.4. The van der Waals surface area contributed by atoms with E-state index in [-0.39, 0.29) is 30.8 Å². The highest BCUT2D eigenvalue weighted by molar-refractivity contribution is 6.47. The van der Waals surface area contributed by atoms with Crippen molar-refractivity contribution in [2.75, 3.05) is 6.54 Å². The van der Waals surface area contributed by atoms with Crippen molar-refractivity contribution in [3.63, 3.8) is 0 Å². The monoisotopic (exact) mass is 509 g/mol. The standard InChI is InChI=1S/C28H32ClN3O4/c1-2-7-23(19-10-12-20(13-11-19)26(35)30-17-14-24(33)34)32-27(36)25(21-8-6-9-22(29)18-21)31-28(32)15-4-3-5-16-28/h6,8-13,18,23H,2-5,7,14-17H2,1H3,(H,30,35)(H,33,34). The van der Waals surface area contributed by atoms with Crippen molar-refractivity contribution in [3.8, 4) is 0 Å². The number of aliphatic imine (C=N–C) groups is 1. The van der Waals surface area contributed by atoms with Crippen LogP contribution in [0.2, 0.25) is 5.02 Å². The highest BCUT2D eigenvalue weighted by Crippen LogP contribution is 2.45. The number of nitrogens with one attached hydrogen (secondary N) is 1. The van der Waals surface area contributed by atoms with Crippen LogP contribution in [0.1, 0.15) is 85.8 Å². The number of amides is 2. The van der Waals surface area contributed by atoms with Gasteiger partial charge in [-0.15, -0.1) is 0 Å². The fraction of sp³-hybridized carbons (Fsp3) is 0.429. The van der Waals surface area contributed by atoms with Crippen LogP contribution in [0.4, 0.5) is 0 Å². The van der Waals surface area contributed by atoms with E-state index in [0.717, 1.165) is 56.1 Å². The molecular weight excluding hydrogens is 478 g/mol. The van der Waals surface area contributed by atoms with Gasteiger partial charge in [-0.05, 0) is 61.9 Å². The summed E-state index contributed by atoms with van der Waals surface area (Å²) in [6.45, 7) is 2.17. The molecule has 1 saturated carbocycles. The van der Waals surface area contributed by atoms with Crippen molar-refractivity contribution in [3.05, 3.63) is 70.2 Å². The number of carboxylic acid groups (broad SMARTS) is 1. The van der Waals surface area contributed by atoms with E-state index in [1.165, 1.54) is 0 Å². The van der Waals surface area contributed by atoms with Gasteiger partial charge in [0.15, 0.2) is 0 Å². The molecule has 7 nitrogen and oxygen atoms in total. The summed E-state index contributed by atoms with van der Waals surface area (Å²) in [7, 11) is 0. The number of carboxylic acids is 1. The molecule has 2 aliphatic rings. The van der Waals surface area contributed by atoms with Crippen molar-refractivity contribution >= 4 is 35.1 Å². The molecular formula is C28H32ClN3O4. The molecule has 0 saturated heterocycles. The Morgan fingerprint density at radius 1 is 1.14 bits per heavy atom. The number of hydrogen-bond acceptors (Lipinski definition) is 4. The molecule has 8 heteroatoms. The van der Waals surface area contributed by atoms with Gasteiger partial charge in [-0.25, -0.2) is 0 Å². The lowest BCUT2D eigenvalue weighted by Crippen LogP contribution is -2.50. The predicted molar refractivity (Wildman–Crippen MR) is 139 cm³/mol. The first-order valence-corrected chi connectivity index (χ1v) is 13.0. The highest BCUT2D eigenvalue weighted by Gasteiger charge is 2.50. The first-order chi connectivity index (χ1) is 17.3. The van der Waals surface area contributed by atoms with Crippen LogP contribution in [-0.4, -0.2) is 45.7 Å². The van der Waals surface area contributed by atoms with Gasteiger partial charge >= 0.3 is 5.97 Å². The first-order valence-electron chi connectivity index (χ1n) is 12.6. The van der Waals surface area contributed by atoms with E-state index in [1.54, 1.807) is 24.3 Å². The maximum absolute atomic E-state index is 14.0. The molecule has 2 aromatic rings. The number of carbonyl (C=O) groups is 3. The topological polar surface area (TPSA) is 99.1 Å². The minimum Gasteiger partial charge on any atom is -0.481 e. The molecule has 2 N–H and O–H groups in total. The van der Waals surface area contributed by atoms with Crippen molar-refractivity contribution in [1.82, 2.24) is 10.2 Å². The second-order valence-corrected chi connectivity index (χ2v) is 9.95. The zero-order valence-electron chi connectivity index (χ0n) is 20.5. The third-order valence-electron chi connectivity index (χ3n) is 7.00. The zero-order valence-corrected chi connectivity index (χ0v) is 21.3. The zero-order chi connectivity index (χ0) is 25.7. The van der Waals surface area contributed by atoms with Crippen LogP contribution in [0.3, 0.4) is 0 Å². The predicted octanol–water partition coefficient (Wildman–Crippen LogP) is 5.38. The number of carbonyl (C=O) groups excluding carboxylic acids is 2. The van der Waals surface area contributed by atoms with Crippen LogP contribution in [0.15, 0.2) is 53.5 Å². The molecule has 0 bridgehead atoms. The largest absolute Gasteiger partial charge is 0.481 e. The van der Waals surface area contributed by atoms with E-state index < -0.39 is 11.6 Å². The Morgan fingerprint density at radius 3 is 2.50 bits per heavy atom. The van der Waals surface area contributed by atoms with E-state index in [1.807, 2.05) is 29.2 Å². The fourth-order valence-electron chi connectivity index (χ4n) is 5.30. The number of hydrogen-bond donors (Lipinski definition) is 2. The molecule has 1 fully saturated rings. The van der Waals surface area contributed by atoms with Crippen LogP contribution < -0.4 is 5.32 Å². The average molecular weight is 510 g/mol. The Bertz CT molecular complexity index is 1160. The SMILES string of the molecule is CCCC(c1ccc(C(=O)NCCC(=O)O)cc1)N1C(=O)C(c2cccc(Cl)c2)=NC12CCCCC2. The second-order valence-electron chi connectivity index (χ2n) is 9.52. The molecule has 1 unspecified atom stereocenters. The van der Waals surface area contributed by atoms with E-state index in [4.69, 9.17) is 21.7 Å². The van der Waals surface area contributed by atoms with Crippen molar-refractivity contribution in [1.29, 1.82) is 0 Å². The fourth-order valence-corrected chi connectivity index (χ4v) is 5.49. The van der Waals surface area contributed by atoms with Crippen LogP contribution in [-0.2, 0) is 9.59 Å². The van der Waals surface area contributed by atoms with E-state index in [9.17, 15) is 14.4 Å². The maximum atomic E-state index is 14.0. The molecule has 0 aromatic heterocycles. The molecule has 0 radical (unpaired) electrons. The van der Waals surface area contributed by atoms with Gasteiger partial charge in [0.1, 0.15) is 11.4 Å². The number of nitrogens with zero attached hydrogens (tertiary/aromatic N) is 2. The summed E-state index contributed by atoms with van der Waals surface area (Å²) < 4.78 is 0. The normalized spacial score (nSPS) is 17.7. The van der Waals surface area contributed by atoms with E-state index >= 15 is 0 Å². The van der Waals surface area contributed by atoms with Crippen molar-refractivity contribution in [2.45, 2.75) is 70.0 Å². The summed E-state index contributed by atoms with van der Waals surface area (Å²) in [5, 5.41) is 12.0. The number of rotatable bonds is 9. The molecule has 190 valence electrons. The molecule has 36 heavy (non-hydrogen) atoms. The lowest BCUT2D eigenvalue weighted by Gasteiger charge is -2.44. The van der Waals surface area contributed by atoms with Crippen molar-refractivity contribution < 1.29 is 19.5 Å². The molecule has 1 heterocycles. The lowest BCUT2D eigenvalue weighted by molar-refractivity contribution is -0.137. The van der Waals surface area contributed by atoms with Gasteiger partial charge in [-0.2, -0.15) is 0 Å². The van der Waals surface area contributed by atoms with E-state index in [2.05, 4.69) is 12.2 Å². The van der Waals surface area contributed by atoms with Gasteiger partial charge in [0.25, 0.3) is 11.8 Å². The number of benzene rings is 2. The Hall–Kier alpha value is -3.19. The van der Waals surface area contributed by atoms with Gasteiger partial charge in [-0.3, -0.25) is 19.4 Å². The molecule has 2 aromatic carbocycles. The van der Waals surface area contributed by atoms with E-state index in [0.29, 0.717) is 16.3 Å². The molecule has 4 rings (SSSR count). The Morgan fingerprint density at radius 2 is 1.86 bits per heavy atom. The minimum absolute atomic E-state index is 0.0722. The van der Waals surface area contributed by atoms with Crippen LogP contribution in [0, 0.1) is 0 Å². The second kappa shape index (κ2) is 11.2. The van der Waals surface area contributed by atoms with Gasteiger partial charge < -0.3 is 15.3 Å². The summed E-state index contributed by atoms with van der Waals surface area (Å²) in [5.74, 6) is -1.35. The third kappa shape index (κ3) is 5.46. The molecule has 1 atom stereocenters. The summed E-state index contributed by atoms with van der Waals surface area (Å²) in [5.41, 5.74) is 2.05. The third-order valence-corrected chi connectivity index (χ3v) is 7.23. The average Bonchev–Trinajstić information content (AvgIpc) is 3.14. The van der Waals surface area contributed by atoms with Gasteiger partial charge in [-0.1, -0.05) is 55.6 Å². The quantitative estimate of drug-likeness (QED) is 0.474. The maximum Gasteiger partial charge on any atom is 0.305 e. The molecule has 2 amide bonds. The molecule has 1 aliphatic carbocycles. The summed E-state index contributed by atoms with van der Waals surface area (Å²) >= 11 is 6.24. The minimum atomic E-state index is -0.959. The Labute approximate surface area is 216 Å². The van der Waals surface area contributed by atoms with Gasteiger partial charge in [0, 0.05) is 22.7 Å². The molecule has 1 aliphatic heterocycles. The van der Waals surface area contributed by atoms with Gasteiger partial charge in [0.05, 0.1) is 12.5 Å². The van der Waals surface area contributed by atoms with Crippen LogP contribution >= 0.6 is 11.6 Å². The molecule has 1 spiro atoms. The summed E-state index contributed by atoms with van der Waals surface area (Å²) in [6.07, 6.45) is 6.35. The van der Waals surface area contributed by atoms with Gasteiger partial charge in [0.2, 0.25) is 0 Å². The van der Waals surface area contributed by atoms with Crippen LogP contribution in [0.5, 0.6) is 0 Å². The number of halogens is 1.